The van der Waals surface area contributed by atoms with Gasteiger partial charge in [-0.2, -0.15) is 0 Å². The number of hydrogen-bond acceptors (Lipinski definition) is 5. The van der Waals surface area contributed by atoms with Crippen molar-refractivity contribution in [3.05, 3.63) is 77.2 Å². The van der Waals surface area contributed by atoms with Crippen LogP contribution in [0.4, 0.5) is 0 Å². The Morgan fingerprint density at radius 1 is 1.04 bits per heavy atom. The zero-order valence-electron chi connectivity index (χ0n) is 15.4. The molecule has 0 bridgehead atoms. The average Bonchev–Trinajstić information content (AvgIpc) is 3.14. The van der Waals surface area contributed by atoms with E-state index in [4.69, 9.17) is 10.3 Å². The zero-order chi connectivity index (χ0) is 19.2. The van der Waals surface area contributed by atoms with Crippen LogP contribution in [0.2, 0.25) is 0 Å². The van der Waals surface area contributed by atoms with E-state index in [0.29, 0.717) is 0 Å². The Bertz CT molecular complexity index is 1040. The minimum atomic E-state index is -1.20. The van der Waals surface area contributed by atoms with E-state index in [2.05, 4.69) is 10.1 Å². The Morgan fingerprint density at radius 2 is 1.74 bits per heavy atom. The number of rotatable bonds is 3. The molecule has 1 aliphatic rings. The van der Waals surface area contributed by atoms with Crippen LogP contribution in [0.5, 0.6) is 0 Å². The molecule has 1 aliphatic heterocycles. The van der Waals surface area contributed by atoms with Gasteiger partial charge in [-0.25, -0.2) is 4.99 Å². The van der Waals surface area contributed by atoms with Crippen LogP contribution in [0, 0.1) is 13.8 Å². The highest BCUT2D eigenvalue weighted by molar-refractivity contribution is 6.09. The predicted octanol–water partition coefficient (Wildman–Crippen LogP) is 2.99. The van der Waals surface area contributed by atoms with Gasteiger partial charge in [0.1, 0.15) is 5.76 Å². The molecule has 1 amide bonds. The highest BCUT2D eigenvalue weighted by Crippen LogP contribution is 2.40. The first-order chi connectivity index (χ1) is 12.9. The number of nitrogens with zero attached hydrogens (tertiary/aromatic N) is 3. The molecule has 6 heteroatoms. The summed E-state index contributed by atoms with van der Waals surface area (Å²) in [5.41, 5.74) is 9.01. The number of benzene rings is 2. The molecular weight excluding hydrogens is 340 g/mol. The molecule has 0 fully saturated rings. The number of aliphatic imine (C=N–C) groups is 1. The third-order valence-electron chi connectivity index (χ3n) is 5.03. The molecule has 136 valence electrons. The maximum atomic E-state index is 13.3. The fraction of sp³-hybridized carbons (Fsp3) is 0.190. The maximum absolute atomic E-state index is 13.3. The van der Waals surface area contributed by atoms with Gasteiger partial charge in [-0.05, 0) is 36.6 Å². The van der Waals surface area contributed by atoms with E-state index in [0.717, 1.165) is 33.7 Å². The second-order valence-electron chi connectivity index (χ2n) is 6.69. The largest absolute Gasteiger partial charge is 0.369 e. The molecule has 1 unspecified atom stereocenters. The predicted molar refractivity (Wildman–Crippen MR) is 103 cm³/mol. The fourth-order valence-corrected chi connectivity index (χ4v) is 3.66. The normalized spacial score (nSPS) is 19.4. The van der Waals surface area contributed by atoms with Gasteiger partial charge < -0.3 is 10.3 Å². The first-order valence-electron chi connectivity index (χ1n) is 8.68. The lowest BCUT2D eigenvalue weighted by Crippen LogP contribution is -2.41. The van der Waals surface area contributed by atoms with Gasteiger partial charge in [0.2, 0.25) is 0 Å². The lowest BCUT2D eigenvalue weighted by atomic mass is 9.81. The van der Waals surface area contributed by atoms with Crippen LogP contribution in [-0.4, -0.2) is 29.0 Å². The summed E-state index contributed by atoms with van der Waals surface area (Å²) in [6.45, 7) is 3.77. The highest BCUT2D eigenvalue weighted by atomic mass is 16.5. The summed E-state index contributed by atoms with van der Waals surface area (Å²) in [6.07, 6.45) is 0. The van der Waals surface area contributed by atoms with Gasteiger partial charge >= 0.3 is 0 Å². The van der Waals surface area contributed by atoms with Gasteiger partial charge in [0.15, 0.2) is 11.5 Å². The second-order valence-corrected chi connectivity index (χ2v) is 6.69. The van der Waals surface area contributed by atoms with Crippen molar-refractivity contribution in [3.63, 3.8) is 0 Å². The van der Waals surface area contributed by atoms with Crippen LogP contribution in [0.3, 0.4) is 0 Å². The molecule has 3 aromatic rings. The lowest BCUT2D eigenvalue weighted by molar-refractivity contribution is -0.129. The first-order valence-corrected chi connectivity index (χ1v) is 8.68. The number of aromatic nitrogens is 1. The number of nitrogens with two attached hydrogens (primary N) is 1. The molecule has 0 saturated heterocycles. The summed E-state index contributed by atoms with van der Waals surface area (Å²) in [5.74, 6) is 0.755. The van der Waals surface area contributed by atoms with Crippen molar-refractivity contribution in [1.29, 1.82) is 0 Å². The van der Waals surface area contributed by atoms with Crippen LogP contribution < -0.4 is 5.73 Å². The van der Waals surface area contributed by atoms with E-state index in [-0.39, 0.29) is 11.9 Å². The van der Waals surface area contributed by atoms with E-state index < -0.39 is 5.54 Å². The molecule has 0 radical (unpaired) electrons. The average molecular weight is 360 g/mol. The molecule has 2 aromatic carbocycles. The molecule has 2 heterocycles. The summed E-state index contributed by atoms with van der Waals surface area (Å²) in [7, 11) is 1.64. The summed E-state index contributed by atoms with van der Waals surface area (Å²) < 4.78 is 5.31. The lowest BCUT2D eigenvalue weighted by Gasteiger charge is -2.26. The number of aryl methyl sites for hydroxylation is 2. The van der Waals surface area contributed by atoms with E-state index >= 15 is 0 Å². The Hall–Kier alpha value is -3.41. The van der Waals surface area contributed by atoms with Crippen LogP contribution in [-0.2, 0) is 10.3 Å². The summed E-state index contributed by atoms with van der Waals surface area (Å²) >= 11 is 0. The quantitative estimate of drug-likeness (QED) is 0.778. The maximum Gasteiger partial charge on any atom is 0.266 e. The number of carbonyl (C=O) groups is 1. The third kappa shape index (κ3) is 2.44. The SMILES string of the molecule is Cc1noc(C)c1-c1cccc(C2(c3ccccc3)N=C(N)N(C)C2=O)c1. The van der Waals surface area contributed by atoms with Crippen LogP contribution >= 0.6 is 0 Å². The number of likely N-dealkylation sites (N-methyl/N-ethyl adjacent to an activating group) is 1. The molecule has 4 rings (SSSR count). The van der Waals surface area contributed by atoms with Crippen molar-refractivity contribution in [2.45, 2.75) is 19.4 Å². The molecule has 0 aliphatic carbocycles. The summed E-state index contributed by atoms with van der Waals surface area (Å²) in [4.78, 5) is 19.3. The van der Waals surface area contributed by atoms with Gasteiger partial charge in [0.05, 0.1) is 5.69 Å². The number of amides is 1. The van der Waals surface area contributed by atoms with Crippen LogP contribution in [0.15, 0.2) is 64.1 Å². The molecule has 1 aromatic heterocycles. The van der Waals surface area contributed by atoms with Gasteiger partial charge in [-0.3, -0.25) is 9.69 Å². The number of carbonyl (C=O) groups excluding carboxylic acids is 1. The van der Waals surface area contributed by atoms with E-state index in [1.54, 1.807) is 7.05 Å². The van der Waals surface area contributed by atoms with Crippen molar-refractivity contribution >= 4 is 11.9 Å². The Balaban J connectivity index is 1.96. The topological polar surface area (TPSA) is 84.7 Å². The fourth-order valence-electron chi connectivity index (χ4n) is 3.66. The van der Waals surface area contributed by atoms with Crippen LogP contribution in [0.1, 0.15) is 22.6 Å². The van der Waals surface area contributed by atoms with Crippen molar-refractivity contribution in [2.24, 2.45) is 10.7 Å². The van der Waals surface area contributed by atoms with E-state index in [9.17, 15) is 4.79 Å². The van der Waals surface area contributed by atoms with Gasteiger partial charge in [0, 0.05) is 12.6 Å². The minimum Gasteiger partial charge on any atom is -0.369 e. The zero-order valence-corrected chi connectivity index (χ0v) is 15.4. The number of guanidine groups is 1. The summed E-state index contributed by atoms with van der Waals surface area (Å²) in [5, 5.41) is 4.04. The van der Waals surface area contributed by atoms with Crippen molar-refractivity contribution in [3.8, 4) is 11.1 Å². The third-order valence-corrected chi connectivity index (χ3v) is 5.03. The summed E-state index contributed by atoms with van der Waals surface area (Å²) in [6, 6.07) is 17.3. The van der Waals surface area contributed by atoms with Gasteiger partial charge in [-0.15, -0.1) is 0 Å². The Kier molecular flexibility index (Phi) is 3.84. The monoisotopic (exact) mass is 360 g/mol. The molecule has 0 spiro atoms. The Morgan fingerprint density at radius 3 is 2.33 bits per heavy atom. The van der Waals surface area contributed by atoms with Crippen molar-refractivity contribution < 1.29 is 9.32 Å². The van der Waals surface area contributed by atoms with Crippen molar-refractivity contribution in [1.82, 2.24) is 10.1 Å². The van der Waals surface area contributed by atoms with Crippen LogP contribution in [0.25, 0.3) is 11.1 Å². The molecule has 2 N–H and O–H groups in total. The number of hydrogen-bond donors (Lipinski definition) is 1. The molecular formula is C21H20N4O2. The van der Waals surface area contributed by atoms with Gasteiger partial charge in [0.25, 0.3) is 5.91 Å². The molecule has 1 atom stereocenters. The van der Waals surface area contributed by atoms with E-state index in [1.807, 2.05) is 68.4 Å². The van der Waals surface area contributed by atoms with Gasteiger partial charge in [-0.1, -0.05) is 53.7 Å². The minimum absolute atomic E-state index is 0.179. The standard InChI is InChI=1S/C21H20N4O2/c1-13-18(14(2)27-24-13)15-8-7-11-17(12-15)21(16-9-5-4-6-10-16)19(26)25(3)20(22)23-21/h4-12H,1-3H3,(H2,22,23). The molecule has 27 heavy (non-hydrogen) atoms. The smallest absolute Gasteiger partial charge is 0.266 e. The first kappa shape index (κ1) is 17.0. The second kappa shape index (κ2) is 6.09. The Labute approximate surface area is 157 Å². The molecule has 0 saturated carbocycles. The molecule has 6 nitrogen and oxygen atoms in total. The van der Waals surface area contributed by atoms with E-state index in [1.165, 1.54) is 4.90 Å². The highest BCUT2D eigenvalue weighted by Gasteiger charge is 2.49. The van der Waals surface area contributed by atoms with Crippen molar-refractivity contribution in [2.75, 3.05) is 7.05 Å².